The average molecular weight is 218 g/mol. The number of aromatic amines is 1. The molecule has 1 aromatic rings. The first-order valence-corrected chi connectivity index (χ1v) is 5.87. The van der Waals surface area contributed by atoms with Gasteiger partial charge in [-0.15, -0.1) is 0 Å². The Labute approximate surface area is 96.5 Å². The van der Waals surface area contributed by atoms with E-state index in [0.717, 1.165) is 37.7 Å². The van der Waals surface area contributed by atoms with Crippen LogP contribution in [0.15, 0.2) is 12.1 Å². The number of aldehydes is 1. The van der Waals surface area contributed by atoms with Gasteiger partial charge in [0.1, 0.15) is 0 Å². The molecule has 0 unspecified atom stereocenters. The van der Waals surface area contributed by atoms with Crippen molar-refractivity contribution in [2.24, 2.45) is 0 Å². The van der Waals surface area contributed by atoms with E-state index in [2.05, 4.69) is 11.1 Å². The fourth-order valence-corrected chi connectivity index (χ4v) is 1.72. The van der Waals surface area contributed by atoms with E-state index in [1.807, 2.05) is 12.1 Å². The van der Waals surface area contributed by atoms with Gasteiger partial charge in [0, 0.05) is 12.1 Å². The van der Waals surface area contributed by atoms with Gasteiger partial charge in [0.05, 0.1) is 11.8 Å². The molecule has 1 aromatic heterocycles. The Hall–Kier alpha value is -1.56. The molecular formula is C13H18N2O. The van der Waals surface area contributed by atoms with E-state index in [9.17, 15) is 4.79 Å². The van der Waals surface area contributed by atoms with Crippen molar-refractivity contribution in [2.45, 2.75) is 44.9 Å². The van der Waals surface area contributed by atoms with Gasteiger partial charge in [0.15, 0.2) is 6.29 Å². The predicted molar refractivity (Wildman–Crippen MR) is 63.2 cm³/mol. The van der Waals surface area contributed by atoms with E-state index in [1.165, 1.54) is 12.8 Å². The van der Waals surface area contributed by atoms with Crippen LogP contribution >= 0.6 is 0 Å². The summed E-state index contributed by atoms with van der Waals surface area (Å²) < 4.78 is 0. The van der Waals surface area contributed by atoms with E-state index in [4.69, 9.17) is 5.26 Å². The first kappa shape index (κ1) is 12.5. The molecule has 3 nitrogen and oxygen atoms in total. The second-order valence-corrected chi connectivity index (χ2v) is 3.98. The molecule has 86 valence electrons. The number of aryl methyl sites for hydroxylation is 1. The maximum absolute atomic E-state index is 10.4. The van der Waals surface area contributed by atoms with Crippen molar-refractivity contribution in [3.05, 3.63) is 23.5 Å². The molecule has 0 spiro atoms. The third kappa shape index (κ3) is 4.79. The van der Waals surface area contributed by atoms with Gasteiger partial charge >= 0.3 is 0 Å². The summed E-state index contributed by atoms with van der Waals surface area (Å²) >= 11 is 0. The average Bonchev–Trinajstić information content (AvgIpc) is 2.76. The van der Waals surface area contributed by atoms with Crippen LogP contribution in [0.25, 0.3) is 0 Å². The quantitative estimate of drug-likeness (QED) is 0.538. The minimum Gasteiger partial charge on any atom is -0.356 e. The van der Waals surface area contributed by atoms with Crippen molar-refractivity contribution in [1.29, 1.82) is 5.26 Å². The molecular weight excluding hydrogens is 200 g/mol. The summed E-state index contributed by atoms with van der Waals surface area (Å²) in [5.74, 6) is 0. The highest BCUT2D eigenvalue weighted by Crippen LogP contribution is 2.09. The standard InChI is InChI=1S/C13H18N2O/c14-10-6-4-2-1-3-5-7-12-8-9-13(11-16)15-12/h8-9,11,15H,1-7H2. The number of rotatable bonds is 8. The molecule has 0 amide bonds. The molecule has 3 heteroatoms. The molecule has 0 saturated heterocycles. The molecule has 0 aliphatic rings. The lowest BCUT2D eigenvalue weighted by Crippen LogP contribution is -1.87. The summed E-state index contributed by atoms with van der Waals surface area (Å²) in [4.78, 5) is 13.5. The molecule has 0 fully saturated rings. The molecule has 0 aliphatic carbocycles. The molecule has 0 atom stereocenters. The van der Waals surface area contributed by atoms with Gasteiger partial charge in [-0.3, -0.25) is 4.79 Å². The molecule has 1 heterocycles. The maximum atomic E-state index is 10.4. The molecule has 1 rings (SSSR count). The fourth-order valence-electron chi connectivity index (χ4n) is 1.72. The van der Waals surface area contributed by atoms with Gasteiger partial charge in [-0.1, -0.05) is 19.3 Å². The monoisotopic (exact) mass is 218 g/mol. The summed E-state index contributed by atoms with van der Waals surface area (Å²) in [6.07, 6.45) is 8.23. The molecule has 0 radical (unpaired) electrons. The molecule has 0 aliphatic heterocycles. The van der Waals surface area contributed by atoms with Gasteiger partial charge in [-0.05, 0) is 31.4 Å². The molecule has 0 bridgehead atoms. The number of hydrogen-bond donors (Lipinski definition) is 1. The minimum absolute atomic E-state index is 0.657. The zero-order valence-electron chi connectivity index (χ0n) is 9.54. The first-order chi connectivity index (χ1) is 7.86. The third-order valence-corrected chi connectivity index (χ3v) is 2.63. The summed E-state index contributed by atoms with van der Waals surface area (Å²) in [5.41, 5.74) is 1.79. The van der Waals surface area contributed by atoms with Crippen LogP contribution in [0.4, 0.5) is 0 Å². The predicted octanol–water partition coefficient (Wildman–Crippen LogP) is 3.23. The van der Waals surface area contributed by atoms with Crippen LogP contribution in [0.1, 0.15) is 54.7 Å². The number of nitrogens with zero attached hydrogens (tertiary/aromatic N) is 1. The van der Waals surface area contributed by atoms with Crippen LogP contribution in [0.3, 0.4) is 0 Å². The SMILES string of the molecule is N#CCCCCCCCc1ccc(C=O)[nH]1. The first-order valence-electron chi connectivity index (χ1n) is 5.87. The van der Waals surface area contributed by atoms with E-state index in [1.54, 1.807) is 0 Å². The lowest BCUT2D eigenvalue weighted by Gasteiger charge is -1.99. The zero-order chi connectivity index (χ0) is 11.6. The number of hydrogen-bond acceptors (Lipinski definition) is 2. The van der Waals surface area contributed by atoms with Gasteiger partial charge in [-0.25, -0.2) is 0 Å². The molecule has 1 N–H and O–H groups in total. The summed E-state index contributed by atoms with van der Waals surface area (Å²) in [6.45, 7) is 0. The highest BCUT2D eigenvalue weighted by molar-refractivity contribution is 5.71. The second-order valence-electron chi connectivity index (χ2n) is 3.98. The molecule has 0 aromatic carbocycles. The third-order valence-electron chi connectivity index (χ3n) is 2.63. The van der Waals surface area contributed by atoms with Crippen LogP contribution in [-0.2, 0) is 6.42 Å². The normalized spacial score (nSPS) is 9.94. The fraction of sp³-hybridized carbons (Fsp3) is 0.538. The highest BCUT2D eigenvalue weighted by Gasteiger charge is 1.97. The lowest BCUT2D eigenvalue weighted by molar-refractivity contribution is 0.111. The molecule has 16 heavy (non-hydrogen) atoms. The van der Waals surface area contributed by atoms with Crippen molar-refractivity contribution in [1.82, 2.24) is 4.98 Å². The van der Waals surface area contributed by atoms with Crippen molar-refractivity contribution < 1.29 is 4.79 Å². The Morgan fingerprint density at radius 1 is 1.19 bits per heavy atom. The van der Waals surface area contributed by atoms with Crippen LogP contribution < -0.4 is 0 Å². The summed E-state index contributed by atoms with van der Waals surface area (Å²) in [6, 6.07) is 5.94. The Balaban J connectivity index is 2.03. The number of carbonyl (C=O) groups excluding carboxylic acids is 1. The van der Waals surface area contributed by atoms with Gasteiger partial charge in [0.25, 0.3) is 0 Å². The lowest BCUT2D eigenvalue weighted by atomic mass is 10.1. The second kappa shape index (κ2) is 7.70. The van der Waals surface area contributed by atoms with Crippen molar-refractivity contribution in [3.63, 3.8) is 0 Å². The van der Waals surface area contributed by atoms with E-state index in [0.29, 0.717) is 12.1 Å². The van der Waals surface area contributed by atoms with Crippen molar-refractivity contribution in [2.75, 3.05) is 0 Å². The van der Waals surface area contributed by atoms with E-state index < -0.39 is 0 Å². The number of H-pyrrole nitrogens is 1. The number of aromatic nitrogens is 1. The Morgan fingerprint density at radius 2 is 1.94 bits per heavy atom. The Morgan fingerprint density at radius 3 is 2.62 bits per heavy atom. The number of carbonyl (C=O) groups is 1. The van der Waals surface area contributed by atoms with Gasteiger partial charge in [-0.2, -0.15) is 5.26 Å². The number of nitriles is 1. The van der Waals surface area contributed by atoms with E-state index in [-0.39, 0.29) is 0 Å². The topological polar surface area (TPSA) is 56.6 Å². The maximum Gasteiger partial charge on any atom is 0.166 e. The van der Waals surface area contributed by atoms with Gasteiger partial charge in [0.2, 0.25) is 0 Å². The largest absolute Gasteiger partial charge is 0.356 e. The summed E-state index contributed by atoms with van der Waals surface area (Å²) in [7, 11) is 0. The zero-order valence-corrected chi connectivity index (χ0v) is 9.54. The minimum atomic E-state index is 0.657. The van der Waals surface area contributed by atoms with Crippen LogP contribution in [0, 0.1) is 11.3 Å². The molecule has 0 saturated carbocycles. The Bertz CT molecular complexity index is 349. The van der Waals surface area contributed by atoms with Crippen LogP contribution in [-0.4, -0.2) is 11.3 Å². The van der Waals surface area contributed by atoms with Gasteiger partial charge < -0.3 is 4.98 Å². The highest BCUT2D eigenvalue weighted by atomic mass is 16.1. The van der Waals surface area contributed by atoms with Crippen LogP contribution in [0.2, 0.25) is 0 Å². The Kier molecular flexibility index (Phi) is 6.02. The number of nitrogens with one attached hydrogen (secondary N) is 1. The number of unbranched alkanes of at least 4 members (excludes halogenated alkanes) is 5. The van der Waals surface area contributed by atoms with Crippen molar-refractivity contribution >= 4 is 6.29 Å². The van der Waals surface area contributed by atoms with Crippen LogP contribution in [0.5, 0.6) is 0 Å². The van der Waals surface area contributed by atoms with E-state index >= 15 is 0 Å². The summed E-state index contributed by atoms with van der Waals surface area (Å²) in [5, 5.41) is 8.36. The smallest absolute Gasteiger partial charge is 0.166 e. The van der Waals surface area contributed by atoms with Crippen molar-refractivity contribution in [3.8, 4) is 6.07 Å².